The number of hydrogen-bond acceptors (Lipinski definition) is 5. The van der Waals surface area contributed by atoms with Gasteiger partial charge in [-0.1, -0.05) is 51.1 Å². The van der Waals surface area contributed by atoms with E-state index in [1.807, 2.05) is 77.1 Å². The van der Waals surface area contributed by atoms with E-state index in [1.54, 1.807) is 15.9 Å². The van der Waals surface area contributed by atoms with E-state index in [-0.39, 0.29) is 11.3 Å². The molecular weight excluding hydrogens is 518 g/mol. The van der Waals surface area contributed by atoms with Gasteiger partial charge in [-0.05, 0) is 76.1 Å². The predicted molar refractivity (Wildman–Crippen MR) is 162 cm³/mol. The van der Waals surface area contributed by atoms with Crippen LogP contribution in [0.25, 0.3) is 0 Å². The molecule has 4 rings (SSSR count). The number of aliphatic imine (C=N–C) groups is 1. The Kier molecular flexibility index (Phi) is 8.75. The molecule has 4 amide bonds. The number of amides is 4. The van der Waals surface area contributed by atoms with Crippen molar-refractivity contribution in [3.8, 4) is 0 Å². The van der Waals surface area contributed by atoms with Crippen LogP contribution in [0.5, 0.6) is 0 Å². The number of nitrogens with one attached hydrogen (secondary N) is 2. The van der Waals surface area contributed by atoms with Crippen molar-refractivity contribution in [1.82, 2.24) is 10.2 Å². The first kappa shape index (κ1) is 30.1. The topological polar surface area (TPSA) is 103 Å². The molecule has 0 radical (unpaired) electrons. The predicted octanol–water partition coefficient (Wildman–Crippen LogP) is 6.11. The summed E-state index contributed by atoms with van der Waals surface area (Å²) in [6, 6.07) is 14.1. The lowest BCUT2D eigenvalue weighted by Gasteiger charge is -2.44. The van der Waals surface area contributed by atoms with Gasteiger partial charge in [0.2, 0.25) is 6.17 Å². The third kappa shape index (κ3) is 7.26. The van der Waals surface area contributed by atoms with E-state index in [9.17, 15) is 14.4 Å². The number of rotatable bonds is 5. The Morgan fingerprint density at radius 1 is 1.12 bits per heavy atom. The number of piperidine rings is 1. The minimum absolute atomic E-state index is 0.0778. The summed E-state index contributed by atoms with van der Waals surface area (Å²) in [7, 11) is 0. The quantitative estimate of drug-likeness (QED) is 0.459. The number of fused-ring (bicyclic) bond motifs is 1. The molecule has 2 heterocycles. The Hall–Kier alpha value is -3.88. The lowest BCUT2D eigenvalue weighted by Crippen LogP contribution is -2.54. The third-order valence-electron chi connectivity index (χ3n) is 7.33. The smallest absolute Gasteiger partial charge is 0.410 e. The van der Waals surface area contributed by atoms with Crippen LogP contribution in [-0.4, -0.2) is 59.5 Å². The molecule has 0 spiro atoms. The van der Waals surface area contributed by atoms with Crippen molar-refractivity contribution in [2.45, 2.75) is 85.5 Å². The number of carbonyl (C=O) groups excluding carboxylic acids is 3. The van der Waals surface area contributed by atoms with Gasteiger partial charge in [0, 0.05) is 24.3 Å². The van der Waals surface area contributed by atoms with Crippen molar-refractivity contribution >= 4 is 35.1 Å². The Labute approximate surface area is 243 Å². The summed E-state index contributed by atoms with van der Waals surface area (Å²) in [5.74, 6) is -0.326. The molecule has 0 saturated carbocycles. The summed E-state index contributed by atoms with van der Waals surface area (Å²) in [5, 5.41) is 5.63. The molecule has 0 unspecified atom stereocenters. The number of aryl methyl sites for hydroxylation is 1. The highest BCUT2D eigenvalue weighted by Crippen LogP contribution is 2.38. The highest BCUT2D eigenvalue weighted by Gasteiger charge is 2.43. The van der Waals surface area contributed by atoms with Gasteiger partial charge in [0.25, 0.3) is 5.91 Å². The number of benzodiazepines with no additional fused rings is 1. The van der Waals surface area contributed by atoms with E-state index in [0.717, 1.165) is 24.0 Å². The Morgan fingerprint density at radius 3 is 2.54 bits per heavy atom. The molecule has 0 bridgehead atoms. The monoisotopic (exact) mass is 561 g/mol. The summed E-state index contributed by atoms with van der Waals surface area (Å²) >= 11 is 0. The maximum Gasteiger partial charge on any atom is 0.410 e. The van der Waals surface area contributed by atoms with Crippen molar-refractivity contribution in [3.63, 3.8) is 0 Å². The highest BCUT2D eigenvalue weighted by molar-refractivity contribution is 6.16. The normalized spacial score (nSPS) is 20.5. The van der Waals surface area contributed by atoms with Crippen LogP contribution < -0.4 is 15.5 Å². The molecule has 0 aliphatic carbocycles. The summed E-state index contributed by atoms with van der Waals surface area (Å²) < 4.78 is 5.81. The highest BCUT2D eigenvalue weighted by atomic mass is 16.6. The van der Waals surface area contributed by atoms with Gasteiger partial charge in [-0.15, -0.1) is 0 Å². The van der Waals surface area contributed by atoms with Crippen LogP contribution in [0.15, 0.2) is 53.5 Å². The molecule has 9 heteroatoms. The third-order valence-corrected chi connectivity index (χ3v) is 7.33. The van der Waals surface area contributed by atoms with E-state index in [0.29, 0.717) is 36.6 Å². The molecule has 41 heavy (non-hydrogen) atoms. The molecule has 2 aliphatic rings. The van der Waals surface area contributed by atoms with Crippen LogP contribution in [0.1, 0.15) is 71.9 Å². The fourth-order valence-corrected chi connectivity index (χ4v) is 5.38. The number of carbonyl (C=O) groups is 3. The molecule has 1 saturated heterocycles. The average molecular weight is 562 g/mol. The largest absolute Gasteiger partial charge is 0.444 e. The zero-order valence-electron chi connectivity index (χ0n) is 25.3. The van der Waals surface area contributed by atoms with Gasteiger partial charge in [0.15, 0.2) is 0 Å². The van der Waals surface area contributed by atoms with E-state index in [1.165, 1.54) is 0 Å². The van der Waals surface area contributed by atoms with E-state index >= 15 is 0 Å². The first-order chi connectivity index (χ1) is 19.3. The molecule has 2 aromatic rings. The molecule has 0 aromatic heterocycles. The Morgan fingerprint density at radius 2 is 1.85 bits per heavy atom. The second kappa shape index (κ2) is 11.9. The number of urea groups is 1. The Bertz CT molecular complexity index is 1330. The van der Waals surface area contributed by atoms with E-state index < -0.39 is 29.9 Å². The maximum absolute atomic E-state index is 14.0. The van der Waals surface area contributed by atoms with Gasteiger partial charge in [0.05, 0.1) is 17.4 Å². The SMILES string of the molecule is CCCN1C(=O)[C@H](NC(=O)Nc2cccc(C)c2)N=C([C@H]2CC(C)(C)CCN2C(=O)OC(C)(C)C)c2ccccc21. The number of hydrogen-bond donors (Lipinski definition) is 2. The number of likely N-dealkylation sites (tertiary alicyclic amines) is 1. The van der Waals surface area contributed by atoms with Gasteiger partial charge < -0.3 is 20.3 Å². The molecular formula is C32H43N5O4. The van der Waals surface area contributed by atoms with Crippen molar-refractivity contribution in [1.29, 1.82) is 0 Å². The fourth-order valence-electron chi connectivity index (χ4n) is 5.38. The first-order valence-corrected chi connectivity index (χ1v) is 14.4. The van der Waals surface area contributed by atoms with Gasteiger partial charge in [0.1, 0.15) is 5.60 Å². The van der Waals surface area contributed by atoms with Gasteiger partial charge in [-0.2, -0.15) is 0 Å². The lowest BCUT2D eigenvalue weighted by atomic mass is 9.76. The minimum atomic E-state index is -1.18. The summed E-state index contributed by atoms with van der Waals surface area (Å²) in [4.78, 5) is 49.0. The number of benzene rings is 2. The zero-order valence-corrected chi connectivity index (χ0v) is 25.3. The number of nitrogens with zero attached hydrogens (tertiary/aromatic N) is 3. The molecule has 9 nitrogen and oxygen atoms in total. The molecule has 2 atom stereocenters. The van der Waals surface area contributed by atoms with Crippen LogP contribution in [0, 0.1) is 12.3 Å². The average Bonchev–Trinajstić information content (AvgIpc) is 2.98. The van der Waals surface area contributed by atoms with Crippen LogP contribution in [0.3, 0.4) is 0 Å². The van der Waals surface area contributed by atoms with E-state index in [2.05, 4.69) is 24.5 Å². The zero-order chi connectivity index (χ0) is 29.9. The standard InChI is InChI=1S/C32H43N5O4/c1-8-17-36-24-15-10-9-14-23(24)26(25-20-32(6,7)16-18-37(25)30(40)41-31(3,4)5)34-27(28(36)38)35-29(39)33-22-13-11-12-21(2)19-22/h9-15,19,25,27H,8,16-18,20H2,1-7H3,(H2,33,35,39)/t25-,27+/m1/s1. The minimum Gasteiger partial charge on any atom is -0.444 e. The molecule has 2 aromatic carbocycles. The first-order valence-electron chi connectivity index (χ1n) is 14.4. The molecule has 1 fully saturated rings. The lowest BCUT2D eigenvalue weighted by molar-refractivity contribution is -0.120. The van der Waals surface area contributed by atoms with Gasteiger partial charge in [-0.25, -0.2) is 9.59 Å². The summed E-state index contributed by atoms with van der Waals surface area (Å²) in [5.41, 5.74) is 2.96. The van der Waals surface area contributed by atoms with Crippen molar-refractivity contribution < 1.29 is 19.1 Å². The van der Waals surface area contributed by atoms with Gasteiger partial charge in [-0.3, -0.25) is 14.7 Å². The van der Waals surface area contributed by atoms with Crippen LogP contribution in [0.2, 0.25) is 0 Å². The maximum atomic E-state index is 14.0. The number of para-hydroxylation sites is 1. The molecule has 220 valence electrons. The van der Waals surface area contributed by atoms with Crippen molar-refractivity contribution in [3.05, 3.63) is 59.7 Å². The summed E-state index contributed by atoms with van der Waals surface area (Å²) in [6.07, 6.45) is 0.557. The van der Waals surface area contributed by atoms with E-state index in [4.69, 9.17) is 9.73 Å². The number of ether oxygens (including phenoxy) is 1. The van der Waals surface area contributed by atoms with Crippen molar-refractivity contribution in [2.75, 3.05) is 23.3 Å². The van der Waals surface area contributed by atoms with Crippen molar-refractivity contribution in [2.24, 2.45) is 10.4 Å². The number of anilines is 2. The molecule has 2 aliphatic heterocycles. The molecule has 2 N–H and O–H groups in total. The fraction of sp³-hybridized carbons (Fsp3) is 0.500. The Balaban J connectivity index is 1.78. The van der Waals surface area contributed by atoms with Crippen LogP contribution >= 0.6 is 0 Å². The summed E-state index contributed by atoms with van der Waals surface area (Å²) in [6.45, 7) is 14.8. The van der Waals surface area contributed by atoms with Crippen LogP contribution in [-0.2, 0) is 9.53 Å². The van der Waals surface area contributed by atoms with Crippen LogP contribution in [0.4, 0.5) is 21.0 Å². The van der Waals surface area contributed by atoms with Gasteiger partial charge >= 0.3 is 12.1 Å². The second-order valence-corrected chi connectivity index (χ2v) is 12.7. The second-order valence-electron chi connectivity index (χ2n) is 12.7.